The van der Waals surface area contributed by atoms with Gasteiger partial charge in [0, 0.05) is 6.42 Å². The number of rotatable bonds is 5. The lowest BCUT2D eigenvalue weighted by atomic mass is 10.2. The van der Waals surface area contributed by atoms with Crippen LogP contribution in [0.3, 0.4) is 0 Å². The first kappa shape index (κ1) is 15.1. The first-order valence-electron chi connectivity index (χ1n) is 7.01. The zero-order valence-electron chi connectivity index (χ0n) is 12.3. The maximum absolute atomic E-state index is 11.6. The number of carbonyl (C=O) groups excluding carboxylic acids is 1. The van der Waals surface area contributed by atoms with E-state index in [1.165, 1.54) is 0 Å². The Balaban J connectivity index is 1.97. The van der Waals surface area contributed by atoms with Crippen LogP contribution in [0, 0.1) is 4.77 Å². The number of H-pyrrole nitrogens is 1. The molecular weight excluding hydrogens is 316 g/mol. The van der Waals surface area contributed by atoms with Gasteiger partial charge in [-0.3, -0.25) is 14.5 Å². The molecule has 0 bridgehead atoms. The fraction of sp³-hybridized carbons (Fsp3) is 0.214. The normalized spacial score (nSPS) is 10.7. The van der Waals surface area contributed by atoms with Gasteiger partial charge in [-0.15, -0.1) is 0 Å². The number of aromatic nitrogens is 5. The number of amides is 1. The number of aromatic amines is 1. The fourth-order valence-electron chi connectivity index (χ4n) is 2.05. The predicted octanol–water partition coefficient (Wildman–Crippen LogP) is 2.39. The topological polar surface area (TPSA) is 102 Å². The average molecular weight is 330 g/mol. The Kier molecular flexibility index (Phi) is 4.29. The van der Waals surface area contributed by atoms with E-state index in [0.717, 1.165) is 5.56 Å². The van der Waals surface area contributed by atoms with Gasteiger partial charge in [0.1, 0.15) is 0 Å². The Morgan fingerprint density at radius 3 is 2.87 bits per heavy atom. The zero-order chi connectivity index (χ0) is 16.2. The minimum absolute atomic E-state index is 0.189. The van der Waals surface area contributed by atoms with Crippen molar-refractivity contribution in [1.29, 1.82) is 0 Å². The molecule has 9 heteroatoms. The van der Waals surface area contributed by atoms with E-state index in [4.69, 9.17) is 16.8 Å². The first-order chi connectivity index (χ1) is 11.2. The number of carbonyl (C=O) groups is 1. The van der Waals surface area contributed by atoms with E-state index in [0.29, 0.717) is 29.3 Å². The molecule has 1 amide bonds. The van der Waals surface area contributed by atoms with Gasteiger partial charge < -0.3 is 5.32 Å². The number of anilines is 1. The molecule has 23 heavy (non-hydrogen) atoms. The van der Waals surface area contributed by atoms with Gasteiger partial charge in [-0.05, 0) is 28.1 Å². The summed E-state index contributed by atoms with van der Waals surface area (Å²) >= 11 is 5.28. The molecule has 3 aromatic rings. The lowest BCUT2D eigenvalue weighted by Crippen LogP contribution is -2.11. The Morgan fingerprint density at radius 1 is 1.35 bits per heavy atom. The largest absolute Gasteiger partial charge is 0.306 e. The molecule has 0 aliphatic carbocycles. The lowest BCUT2D eigenvalue weighted by Gasteiger charge is -2.06. The molecule has 0 radical (unpaired) electrons. The van der Waals surface area contributed by atoms with Crippen LogP contribution in [0.1, 0.15) is 18.9 Å². The molecule has 2 aromatic heterocycles. The third-order valence-corrected chi connectivity index (χ3v) is 3.53. The van der Waals surface area contributed by atoms with Crippen molar-refractivity contribution in [2.75, 3.05) is 5.32 Å². The molecule has 0 aliphatic heterocycles. The maximum atomic E-state index is 11.6. The van der Waals surface area contributed by atoms with E-state index in [9.17, 15) is 4.79 Å². The van der Waals surface area contributed by atoms with E-state index in [1.54, 1.807) is 11.5 Å². The van der Waals surface area contributed by atoms with Crippen molar-refractivity contribution in [3.63, 3.8) is 0 Å². The summed E-state index contributed by atoms with van der Waals surface area (Å²) < 4.78 is 6.96. The molecule has 1 aromatic carbocycles. The van der Waals surface area contributed by atoms with Crippen molar-refractivity contribution in [3.8, 4) is 11.5 Å². The van der Waals surface area contributed by atoms with Gasteiger partial charge in [-0.25, -0.2) is 4.63 Å². The SMILES string of the molecule is CCC(=O)Nc1nonc1-c1n[nH]c(=S)n1Cc1ccccc1. The third kappa shape index (κ3) is 3.19. The highest BCUT2D eigenvalue weighted by atomic mass is 32.1. The summed E-state index contributed by atoms with van der Waals surface area (Å²) in [5, 5.41) is 17.1. The molecule has 118 valence electrons. The van der Waals surface area contributed by atoms with Gasteiger partial charge in [0.2, 0.25) is 11.7 Å². The van der Waals surface area contributed by atoms with Crippen molar-refractivity contribution in [1.82, 2.24) is 25.1 Å². The average Bonchev–Trinajstić information content (AvgIpc) is 3.16. The summed E-state index contributed by atoms with van der Waals surface area (Å²) in [6, 6.07) is 9.81. The van der Waals surface area contributed by atoms with Crippen LogP contribution in [0.5, 0.6) is 0 Å². The molecule has 0 saturated carbocycles. The minimum atomic E-state index is -0.189. The van der Waals surface area contributed by atoms with Crippen molar-refractivity contribution >= 4 is 23.9 Å². The Morgan fingerprint density at radius 2 is 2.13 bits per heavy atom. The Labute approximate surface area is 136 Å². The molecule has 0 spiro atoms. The van der Waals surface area contributed by atoms with Crippen LogP contribution in [-0.4, -0.2) is 31.0 Å². The van der Waals surface area contributed by atoms with Crippen LogP contribution in [0.25, 0.3) is 11.5 Å². The highest BCUT2D eigenvalue weighted by molar-refractivity contribution is 7.71. The Bertz CT molecular complexity index is 867. The molecule has 2 N–H and O–H groups in total. The van der Waals surface area contributed by atoms with E-state index < -0.39 is 0 Å². The van der Waals surface area contributed by atoms with Crippen LogP contribution in [0.4, 0.5) is 5.82 Å². The van der Waals surface area contributed by atoms with Crippen molar-refractivity contribution in [3.05, 3.63) is 40.7 Å². The van der Waals surface area contributed by atoms with Crippen LogP contribution in [0.2, 0.25) is 0 Å². The number of hydrogen-bond donors (Lipinski definition) is 2. The number of benzene rings is 1. The summed E-state index contributed by atoms with van der Waals surface area (Å²) in [6.45, 7) is 2.26. The van der Waals surface area contributed by atoms with Gasteiger partial charge in [0.05, 0.1) is 6.54 Å². The Hall–Kier alpha value is -2.81. The van der Waals surface area contributed by atoms with Gasteiger partial charge in [0.15, 0.2) is 16.3 Å². The van der Waals surface area contributed by atoms with Gasteiger partial charge in [-0.2, -0.15) is 5.10 Å². The summed E-state index contributed by atoms with van der Waals surface area (Å²) in [5.74, 6) is 0.484. The van der Waals surface area contributed by atoms with Gasteiger partial charge in [-0.1, -0.05) is 37.3 Å². The fourth-order valence-corrected chi connectivity index (χ4v) is 2.25. The summed E-state index contributed by atoms with van der Waals surface area (Å²) in [4.78, 5) is 11.6. The predicted molar refractivity (Wildman–Crippen MR) is 85.2 cm³/mol. The molecule has 0 atom stereocenters. The van der Waals surface area contributed by atoms with Crippen molar-refractivity contribution < 1.29 is 9.42 Å². The molecule has 8 nitrogen and oxygen atoms in total. The summed E-state index contributed by atoms with van der Waals surface area (Å²) in [7, 11) is 0. The highest BCUT2D eigenvalue weighted by Crippen LogP contribution is 2.23. The smallest absolute Gasteiger partial charge is 0.225 e. The van der Waals surface area contributed by atoms with Crippen molar-refractivity contribution in [2.45, 2.75) is 19.9 Å². The second-order valence-electron chi connectivity index (χ2n) is 4.79. The number of nitrogens with one attached hydrogen (secondary N) is 2. The third-order valence-electron chi connectivity index (χ3n) is 3.22. The molecule has 2 heterocycles. The van der Waals surface area contributed by atoms with Crippen LogP contribution >= 0.6 is 12.2 Å². The maximum Gasteiger partial charge on any atom is 0.225 e. The zero-order valence-corrected chi connectivity index (χ0v) is 13.1. The van der Waals surface area contributed by atoms with E-state index in [-0.39, 0.29) is 11.7 Å². The molecule has 0 unspecified atom stereocenters. The standard InChI is InChI=1S/C14H14N6O2S/c1-2-10(21)15-12-11(18-22-19-12)13-16-17-14(23)20(13)8-9-6-4-3-5-7-9/h3-7H,2,8H2,1H3,(H,17,23)(H,15,19,21). The second kappa shape index (κ2) is 6.53. The van der Waals surface area contributed by atoms with Crippen LogP contribution in [-0.2, 0) is 11.3 Å². The highest BCUT2D eigenvalue weighted by Gasteiger charge is 2.20. The van der Waals surface area contributed by atoms with Crippen LogP contribution < -0.4 is 5.32 Å². The number of hydrogen-bond acceptors (Lipinski definition) is 6. The summed E-state index contributed by atoms with van der Waals surface area (Å²) in [5.41, 5.74) is 1.39. The van der Waals surface area contributed by atoms with E-state index >= 15 is 0 Å². The van der Waals surface area contributed by atoms with Crippen LogP contribution in [0.15, 0.2) is 35.0 Å². The first-order valence-corrected chi connectivity index (χ1v) is 7.41. The van der Waals surface area contributed by atoms with Crippen molar-refractivity contribution in [2.24, 2.45) is 0 Å². The van der Waals surface area contributed by atoms with Gasteiger partial charge >= 0.3 is 0 Å². The van der Waals surface area contributed by atoms with E-state index in [2.05, 4.69) is 25.8 Å². The van der Waals surface area contributed by atoms with E-state index in [1.807, 2.05) is 30.3 Å². The monoisotopic (exact) mass is 330 g/mol. The second-order valence-corrected chi connectivity index (χ2v) is 5.17. The lowest BCUT2D eigenvalue weighted by molar-refractivity contribution is -0.115. The molecule has 0 fully saturated rings. The number of nitrogens with zero attached hydrogens (tertiary/aromatic N) is 4. The quantitative estimate of drug-likeness (QED) is 0.697. The molecular formula is C14H14N6O2S. The van der Waals surface area contributed by atoms with Gasteiger partial charge in [0.25, 0.3) is 0 Å². The molecule has 3 rings (SSSR count). The molecule has 0 saturated heterocycles. The summed E-state index contributed by atoms with van der Waals surface area (Å²) in [6.07, 6.45) is 0.323. The minimum Gasteiger partial charge on any atom is -0.306 e. The molecule has 0 aliphatic rings.